The standard InChI is InChI=1S/C3H4N2OS/c7-1-3-4-2-6-5-3/h2,7H,1H2. The van der Waals surface area contributed by atoms with E-state index < -0.39 is 0 Å². The van der Waals surface area contributed by atoms with Crippen LogP contribution in [0.15, 0.2) is 10.9 Å². The Morgan fingerprint density at radius 1 is 1.86 bits per heavy atom. The van der Waals surface area contributed by atoms with Gasteiger partial charge in [0.05, 0.1) is 5.75 Å². The third-order valence-corrected chi connectivity index (χ3v) is 0.831. The van der Waals surface area contributed by atoms with Crippen molar-refractivity contribution in [3.63, 3.8) is 0 Å². The molecule has 1 aromatic rings. The van der Waals surface area contributed by atoms with Crippen LogP contribution in [0.25, 0.3) is 0 Å². The third kappa shape index (κ3) is 0.928. The summed E-state index contributed by atoms with van der Waals surface area (Å²) in [5.74, 6) is 1.17. The van der Waals surface area contributed by atoms with Gasteiger partial charge in [0.25, 0.3) is 0 Å². The van der Waals surface area contributed by atoms with Gasteiger partial charge in [-0.15, -0.1) is 0 Å². The van der Waals surface area contributed by atoms with Crippen LogP contribution >= 0.6 is 12.6 Å². The first kappa shape index (κ1) is 4.64. The van der Waals surface area contributed by atoms with Gasteiger partial charge in [0, 0.05) is 0 Å². The highest BCUT2D eigenvalue weighted by atomic mass is 32.1. The fraction of sp³-hybridized carbons (Fsp3) is 0.333. The molecule has 0 aliphatic carbocycles. The van der Waals surface area contributed by atoms with Gasteiger partial charge in [-0.3, -0.25) is 0 Å². The molecule has 0 saturated heterocycles. The van der Waals surface area contributed by atoms with Gasteiger partial charge in [-0.05, 0) is 0 Å². The zero-order valence-corrected chi connectivity index (χ0v) is 4.43. The molecule has 0 amide bonds. The van der Waals surface area contributed by atoms with Crippen LogP contribution in [0.2, 0.25) is 0 Å². The fourth-order valence-electron chi connectivity index (χ4n) is 0.262. The van der Waals surface area contributed by atoms with Crippen molar-refractivity contribution in [3.05, 3.63) is 12.2 Å². The number of nitrogens with zero attached hydrogens (tertiary/aromatic N) is 2. The molecule has 0 aliphatic heterocycles. The van der Waals surface area contributed by atoms with Crippen molar-refractivity contribution in [2.45, 2.75) is 5.75 Å². The second-order valence-corrected chi connectivity index (χ2v) is 1.32. The van der Waals surface area contributed by atoms with Crippen LogP contribution in [-0.2, 0) is 5.75 Å². The van der Waals surface area contributed by atoms with Crippen LogP contribution in [-0.4, -0.2) is 10.1 Å². The Morgan fingerprint density at radius 3 is 3.00 bits per heavy atom. The molecule has 0 atom stereocenters. The van der Waals surface area contributed by atoms with E-state index in [-0.39, 0.29) is 0 Å². The topological polar surface area (TPSA) is 38.9 Å². The predicted molar refractivity (Wildman–Crippen MR) is 27.0 cm³/mol. The summed E-state index contributed by atoms with van der Waals surface area (Å²) in [5.41, 5.74) is 0. The van der Waals surface area contributed by atoms with Crippen molar-refractivity contribution >= 4 is 12.6 Å². The summed E-state index contributed by atoms with van der Waals surface area (Å²) in [6.45, 7) is 0. The molecule has 0 radical (unpaired) electrons. The summed E-state index contributed by atoms with van der Waals surface area (Å²) in [6.07, 6.45) is 1.28. The molecule has 7 heavy (non-hydrogen) atoms. The van der Waals surface area contributed by atoms with Crippen molar-refractivity contribution in [2.75, 3.05) is 0 Å². The van der Waals surface area contributed by atoms with Gasteiger partial charge in [0.1, 0.15) is 0 Å². The minimum atomic E-state index is 0.538. The van der Waals surface area contributed by atoms with E-state index in [2.05, 4.69) is 27.3 Å². The van der Waals surface area contributed by atoms with E-state index in [0.29, 0.717) is 11.6 Å². The highest BCUT2D eigenvalue weighted by Gasteiger charge is 1.88. The molecule has 0 bridgehead atoms. The lowest BCUT2D eigenvalue weighted by atomic mass is 10.7. The lowest BCUT2D eigenvalue weighted by Crippen LogP contribution is -1.76. The Kier molecular flexibility index (Phi) is 1.31. The van der Waals surface area contributed by atoms with Crippen molar-refractivity contribution < 1.29 is 4.52 Å². The van der Waals surface area contributed by atoms with Gasteiger partial charge in [-0.2, -0.15) is 17.6 Å². The lowest BCUT2D eigenvalue weighted by molar-refractivity contribution is 0.412. The van der Waals surface area contributed by atoms with Crippen LogP contribution in [0.4, 0.5) is 0 Å². The van der Waals surface area contributed by atoms with Crippen LogP contribution in [0.3, 0.4) is 0 Å². The van der Waals surface area contributed by atoms with E-state index in [1.807, 2.05) is 0 Å². The molecular formula is C3H4N2OS. The molecule has 0 N–H and O–H groups in total. The Labute approximate surface area is 46.1 Å². The average Bonchev–Trinajstić information content (AvgIpc) is 2.14. The molecule has 38 valence electrons. The fourth-order valence-corrected chi connectivity index (χ4v) is 0.401. The molecule has 1 heterocycles. The molecule has 0 unspecified atom stereocenters. The van der Waals surface area contributed by atoms with Gasteiger partial charge >= 0.3 is 0 Å². The molecule has 1 aromatic heterocycles. The van der Waals surface area contributed by atoms with Crippen LogP contribution in [0.1, 0.15) is 5.82 Å². The highest BCUT2D eigenvalue weighted by Crippen LogP contribution is 1.90. The summed E-state index contributed by atoms with van der Waals surface area (Å²) in [6, 6.07) is 0. The van der Waals surface area contributed by atoms with E-state index in [1.165, 1.54) is 6.39 Å². The van der Waals surface area contributed by atoms with Crippen molar-refractivity contribution in [1.82, 2.24) is 10.1 Å². The summed E-state index contributed by atoms with van der Waals surface area (Å²) < 4.78 is 4.40. The van der Waals surface area contributed by atoms with E-state index in [4.69, 9.17) is 0 Å². The molecule has 0 aromatic carbocycles. The Hall–Kier alpha value is -0.510. The molecule has 0 spiro atoms. The van der Waals surface area contributed by atoms with Crippen LogP contribution in [0, 0.1) is 0 Å². The van der Waals surface area contributed by atoms with Gasteiger partial charge in [0.15, 0.2) is 5.82 Å². The largest absolute Gasteiger partial charge is 0.343 e. The van der Waals surface area contributed by atoms with Gasteiger partial charge in [0.2, 0.25) is 6.39 Å². The van der Waals surface area contributed by atoms with Crippen LogP contribution in [0.5, 0.6) is 0 Å². The summed E-state index contributed by atoms with van der Waals surface area (Å²) >= 11 is 3.89. The zero-order chi connectivity index (χ0) is 5.11. The Morgan fingerprint density at radius 2 is 2.71 bits per heavy atom. The summed E-state index contributed by atoms with van der Waals surface area (Å²) in [4.78, 5) is 3.68. The maximum Gasteiger partial charge on any atom is 0.213 e. The second-order valence-electron chi connectivity index (χ2n) is 1.01. The van der Waals surface area contributed by atoms with E-state index in [9.17, 15) is 0 Å². The van der Waals surface area contributed by atoms with Gasteiger partial charge < -0.3 is 4.52 Å². The Bertz CT molecular complexity index is 127. The molecule has 0 fully saturated rings. The Balaban J connectivity index is 2.76. The maximum atomic E-state index is 4.40. The summed E-state index contributed by atoms with van der Waals surface area (Å²) in [5, 5.41) is 3.47. The number of hydrogen-bond acceptors (Lipinski definition) is 4. The quantitative estimate of drug-likeness (QED) is 0.543. The lowest BCUT2D eigenvalue weighted by Gasteiger charge is -1.72. The molecule has 0 aliphatic rings. The van der Waals surface area contributed by atoms with Gasteiger partial charge in [-0.25, -0.2) is 0 Å². The number of thiol groups is 1. The third-order valence-electron chi connectivity index (χ3n) is 0.548. The minimum Gasteiger partial charge on any atom is -0.343 e. The molecular weight excluding hydrogens is 112 g/mol. The monoisotopic (exact) mass is 116 g/mol. The molecule has 3 nitrogen and oxygen atoms in total. The van der Waals surface area contributed by atoms with Crippen LogP contribution < -0.4 is 0 Å². The maximum absolute atomic E-state index is 4.40. The first-order chi connectivity index (χ1) is 3.43. The second kappa shape index (κ2) is 1.97. The van der Waals surface area contributed by atoms with Crippen molar-refractivity contribution in [3.8, 4) is 0 Å². The van der Waals surface area contributed by atoms with Crippen molar-refractivity contribution in [2.24, 2.45) is 0 Å². The predicted octanol–water partition coefficient (Wildman–Crippen LogP) is 0.499. The minimum absolute atomic E-state index is 0.538. The first-order valence-corrected chi connectivity index (χ1v) is 2.43. The smallest absolute Gasteiger partial charge is 0.213 e. The normalized spacial score (nSPS) is 9.29. The molecule has 1 rings (SSSR count). The average molecular weight is 116 g/mol. The summed E-state index contributed by atoms with van der Waals surface area (Å²) in [7, 11) is 0. The number of hydrogen-bond donors (Lipinski definition) is 1. The zero-order valence-electron chi connectivity index (χ0n) is 3.53. The SMILES string of the molecule is SCc1ncon1. The number of rotatable bonds is 1. The van der Waals surface area contributed by atoms with Crippen molar-refractivity contribution in [1.29, 1.82) is 0 Å². The molecule has 4 heteroatoms. The molecule has 0 saturated carbocycles. The van der Waals surface area contributed by atoms with E-state index >= 15 is 0 Å². The van der Waals surface area contributed by atoms with E-state index in [1.54, 1.807) is 0 Å². The van der Waals surface area contributed by atoms with E-state index in [0.717, 1.165) is 0 Å². The highest BCUT2D eigenvalue weighted by molar-refractivity contribution is 7.79. The number of aromatic nitrogens is 2. The van der Waals surface area contributed by atoms with Gasteiger partial charge in [-0.1, -0.05) is 5.16 Å². The first-order valence-electron chi connectivity index (χ1n) is 1.79.